The van der Waals surface area contributed by atoms with Crippen molar-refractivity contribution in [3.05, 3.63) is 36.2 Å². The van der Waals surface area contributed by atoms with E-state index in [1.54, 1.807) is 0 Å². The van der Waals surface area contributed by atoms with Crippen LogP contribution in [0, 0.1) is 0 Å². The van der Waals surface area contributed by atoms with Crippen LogP contribution in [0.5, 0.6) is 0 Å². The maximum atomic E-state index is 5.89. The molecule has 7 nitrogen and oxygen atoms in total. The Morgan fingerprint density at radius 3 is 2.52 bits per heavy atom. The van der Waals surface area contributed by atoms with E-state index >= 15 is 0 Å². The largest absolute Gasteiger partial charge is 0.413 e. The molecule has 0 atom stereocenters. The molecule has 1 aromatic carbocycles. The average Bonchev–Trinajstić information content (AvgIpc) is 3.31. The van der Waals surface area contributed by atoms with E-state index in [0.29, 0.717) is 17.6 Å². The maximum absolute atomic E-state index is 5.89. The molecule has 4 heterocycles. The van der Waals surface area contributed by atoms with E-state index in [9.17, 15) is 0 Å². The second-order valence-electron chi connectivity index (χ2n) is 6.77. The fourth-order valence-corrected chi connectivity index (χ4v) is 4.00. The molecule has 2 aliphatic rings. The smallest absolute Gasteiger partial charge is 0.286 e. The zero-order valence-corrected chi connectivity index (χ0v) is 13.9. The molecule has 0 radical (unpaired) electrons. The lowest BCUT2D eigenvalue weighted by molar-refractivity contribution is 0.0363. The predicted molar refractivity (Wildman–Crippen MR) is 89.7 cm³/mol. The van der Waals surface area contributed by atoms with Gasteiger partial charge in [-0.15, -0.1) is 20.4 Å². The molecule has 2 aliphatic heterocycles. The Labute approximate surface area is 145 Å². The van der Waals surface area contributed by atoms with Gasteiger partial charge in [-0.2, -0.15) is 0 Å². The van der Waals surface area contributed by atoms with Crippen molar-refractivity contribution in [2.75, 3.05) is 13.2 Å². The Morgan fingerprint density at radius 1 is 0.880 bits per heavy atom. The first-order valence-electron chi connectivity index (χ1n) is 8.76. The minimum atomic E-state index is 0.0873. The van der Waals surface area contributed by atoms with Crippen LogP contribution in [0.15, 0.2) is 34.7 Å². The highest BCUT2D eigenvalue weighted by atomic mass is 16.5. The van der Waals surface area contributed by atoms with Gasteiger partial charge in [0.2, 0.25) is 11.7 Å². The summed E-state index contributed by atoms with van der Waals surface area (Å²) >= 11 is 0. The van der Waals surface area contributed by atoms with Gasteiger partial charge in [-0.25, -0.2) is 0 Å². The summed E-state index contributed by atoms with van der Waals surface area (Å²) < 4.78 is 13.6. The number of fused-ring (bicyclic) bond motifs is 2. The van der Waals surface area contributed by atoms with Gasteiger partial charge in [0.05, 0.1) is 0 Å². The molecule has 128 valence electrons. The summed E-state index contributed by atoms with van der Waals surface area (Å²) in [5, 5.41) is 17.3. The van der Waals surface area contributed by atoms with E-state index in [4.69, 9.17) is 9.15 Å². The first-order valence-corrected chi connectivity index (χ1v) is 8.76. The van der Waals surface area contributed by atoms with Gasteiger partial charge >= 0.3 is 0 Å². The zero-order chi connectivity index (χ0) is 16.7. The number of nitrogens with zero attached hydrogens (tertiary/aromatic N) is 5. The third-order valence-electron chi connectivity index (χ3n) is 5.35. The third-order valence-corrected chi connectivity index (χ3v) is 5.35. The Kier molecular flexibility index (Phi) is 3.41. The van der Waals surface area contributed by atoms with Gasteiger partial charge in [-0.05, 0) is 37.8 Å². The van der Waals surface area contributed by atoms with Crippen LogP contribution in [0.4, 0.5) is 0 Å². The number of hydrogen-bond acceptors (Lipinski definition) is 6. The van der Waals surface area contributed by atoms with Crippen molar-refractivity contribution < 1.29 is 9.15 Å². The van der Waals surface area contributed by atoms with E-state index in [2.05, 4.69) is 25.0 Å². The van der Waals surface area contributed by atoms with Crippen LogP contribution in [0.2, 0.25) is 0 Å². The first-order chi connectivity index (χ1) is 12.4. The molecule has 0 N–H and O–H groups in total. The molecule has 1 spiro atoms. The van der Waals surface area contributed by atoms with E-state index < -0.39 is 0 Å². The number of rotatable bonds is 2. The SMILES string of the molecule is c1ccc(-c2nnc(-c3nnc4n3CCCC43CCOCC3)o2)cc1. The van der Waals surface area contributed by atoms with Gasteiger partial charge < -0.3 is 13.7 Å². The molecule has 2 aromatic heterocycles. The van der Waals surface area contributed by atoms with Gasteiger partial charge in [0.25, 0.3) is 5.89 Å². The third kappa shape index (κ3) is 2.38. The first kappa shape index (κ1) is 14.8. The van der Waals surface area contributed by atoms with Crippen molar-refractivity contribution >= 4 is 0 Å². The van der Waals surface area contributed by atoms with Crippen molar-refractivity contribution in [1.29, 1.82) is 0 Å². The maximum Gasteiger partial charge on any atom is 0.286 e. The van der Waals surface area contributed by atoms with Crippen LogP contribution in [-0.4, -0.2) is 38.2 Å². The molecule has 25 heavy (non-hydrogen) atoms. The number of aromatic nitrogens is 5. The highest BCUT2D eigenvalue weighted by Crippen LogP contribution is 2.42. The molecule has 0 amide bonds. The minimum absolute atomic E-state index is 0.0873. The Hall–Kier alpha value is -2.54. The van der Waals surface area contributed by atoms with Gasteiger partial charge in [0.15, 0.2) is 0 Å². The fraction of sp³-hybridized carbons (Fsp3) is 0.444. The van der Waals surface area contributed by atoms with Crippen LogP contribution in [0.3, 0.4) is 0 Å². The molecule has 1 saturated heterocycles. The monoisotopic (exact) mass is 337 g/mol. The summed E-state index contributed by atoms with van der Waals surface area (Å²) in [6, 6.07) is 9.77. The van der Waals surface area contributed by atoms with Crippen LogP contribution < -0.4 is 0 Å². The number of hydrogen-bond donors (Lipinski definition) is 0. The van der Waals surface area contributed by atoms with E-state index in [1.165, 1.54) is 0 Å². The van der Waals surface area contributed by atoms with Crippen molar-refractivity contribution in [3.8, 4) is 23.2 Å². The van der Waals surface area contributed by atoms with Crippen molar-refractivity contribution in [2.24, 2.45) is 0 Å². The standard InChI is InChI=1S/C18H19N5O2/c1-2-5-13(6-3-1)15-20-21-16(25-15)14-19-22-17-18(7-4-10-23(14)17)8-11-24-12-9-18/h1-3,5-6H,4,7-12H2. The molecule has 7 heteroatoms. The summed E-state index contributed by atoms with van der Waals surface area (Å²) in [6.07, 6.45) is 4.26. The van der Waals surface area contributed by atoms with Crippen LogP contribution in [0.25, 0.3) is 23.2 Å². The van der Waals surface area contributed by atoms with Crippen molar-refractivity contribution in [2.45, 2.75) is 37.6 Å². The van der Waals surface area contributed by atoms with E-state index in [1.807, 2.05) is 30.3 Å². The quantitative estimate of drug-likeness (QED) is 0.715. The normalized spacial score (nSPS) is 19.0. The molecular weight excluding hydrogens is 318 g/mol. The van der Waals surface area contributed by atoms with E-state index in [0.717, 1.165) is 56.8 Å². The minimum Gasteiger partial charge on any atom is -0.413 e. The lowest BCUT2D eigenvalue weighted by Gasteiger charge is -2.39. The van der Waals surface area contributed by atoms with Gasteiger partial charge in [0.1, 0.15) is 5.82 Å². The van der Waals surface area contributed by atoms with E-state index in [-0.39, 0.29) is 5.41 Å². The lowest BCUT2D eigenvalue weighted by Crippen LogP contribution is -2.39. The zero-order valence-electron chi connectivity index (χ0n) is 13.9. The molecule has 0 unspecified atom stereocenters. The second-order valence-corrected chi connectivity index (χ2v) is 6.77. The topological polar surface area (TPSA) is 78.9 Å². The average molecular weight is 337 g/mol. The molecule has 0 bridgehead atoms. The predicted octanol–water partition coefficient (Wildman–Crippen LogP) is 2.84. The number of ether oxygens (including phenoxy) is 1. The highest BCUT2D eigenvalue weighted by Gasteiger charge is 2.42. The van der Waals surface area contributed by atoms with Crippen molar-refractivity contribution in [3.63, 3.8) is 0 Å². The fourth-order valence-electron chi connectivity index (χ4n) is 4.00. The summed E-state index contributed by atoms with van der Waals surface area (Å²) in [4.78, 5) is 0. The van der Waals surface area contributed by atoms with Gasteiger partial charge in [0, 0.05) is 30.7 Å². The van der Waals surface area contributed by atoms with Crippen LogP contribution in [-0.2, 0) is 16.7 Å². The number of benzene rings is 1. The molecule has 1 fully saturated rings. The molecule has 0 saturated carbocycles. The van der Waals surface area contributed by atoms with Crippen LogP contribution >= 0.6 is 0 Å². The van der Waals surface area contributed by atoms with Crippen LogP contribution in [0.1, 0.15) is 31.5 Å². The Morgan fingerprint density at radius 2 is 1.68 bits per heavy atom. The second kappa shape index (κ2) is 5.77. The highest BCUT2D eigenvalue weighted by molar-refractivity contribution is 5.54. The molecule has 3 aromatic rings. The molecule has 5 rings (SSSR count). The summed E-state index contributed by atoms with van der Waals surface area (Å²) in [5.74, 6) is 2.66. The summed E-state index contributed by atoms with van der Waals surface area (Å²) in [6.45, 7) is 2.48. The van der Waals surface area contributed by atoms with Gasteiger partial charge in [-0.3, -0.25) is 0 Å². The molecular formula is C18H19N5O2. The summed E-state index contributed by atoms with van der Waals surface area (Å²) in [5.41, 5.74) is 0.991. The lowest BCUT2D eigenvalue weighted by atomic mass is 9.74. The Balaban J connectivity index is 1.53. The Bertz CT molecular complexity index is 880. The van der Waals surface area contributed by atoms with Gasteiger partial charge in [-0.1, -0.05) is 18.2 Å². The summed E-state index contributed by atoms with van der Waals surface area (Å²) in [7, 11) is 0. The molecule has 0 aliphatic carbocycles. The van der Waals surface area contributed by atoms with Crippen molar-refractivity contribution in [1.82, 2.24) is 25.0 Å².